The number of carbonyl (C=O) groups is 2. The number of sulfonamides is 1. The lowest BCUT2D eigenvalue weighted by atomic mass is 9.74. The molecule has 1 aliphatic rings. The minimum absolute atomic E-state index is 0.274. The van der Waals surface area contributed by atoms with Crippen LogP contribution in [0, 0.1) is 5.41 Å². The van der Waals surface area contributed by atoms with E-state index < -0.39 is 39.4 Å². The van der Waals surface area contributed by atoms with Crippen LogP contribution in [0.3, 0.4) is 0 Å². The second-order valence-electron chi connectivity index (χ2n) is 11.5. The first kappa shape index (κ1) is 30.9. The summed E-state index contributed by atoms with van der Waals surface area (Å²) >= 11 is 0. The maximum absolute atomic E-state index is 13.1. The molecule has 1 atom stereocenters. The molecule has 4 rings (SSSR count). The first-order chi connectivity index (χ1) is 19.9. The summed E-state index contributed by atoms with van der Waals surface area (Å²) in [5.74, 6) is -1.64. The second-order valence-corrected chi connectivity index (χ2v) is 13.2. The van der Waals surface area contributed by atoms with Gasteiger partial charge < -0.3 is 20.6 Å². The van der Waals surface area contributed by atoms with Crippen LogP contribution < -0.4 is 20.3 Å². The molecule has 224 valence electrons. The van der Waals surface area contributed by atoms with Gasteiger partial charge in [0.25, 0.3) is 5.91 Å². The topological polar surface area (TPSA) is 154 Å². The summed E-state index contributed by atoms with van der Waals surface area (Å²) in [5.41, 5.74) is -1.22. The van der Waals surface area contributed by atoms with Gasteiger partial charge >= 0.3 is 5.97 Å². The van der Waals surface area contributed by atoms with Crippen LogP contribution >= 0.6 is 0 Å². The zero-order valence-electron chi connectivity index (χ0n) is 24.1. The first-order valence-electron chi connectivity index (χ1n) is 13.8. The molecule has 0 spiro atoms. The van der Waals surface area contributed by atoms with Crippen molar-refractivity contribution in [2.24, 2.45) is 5.41 Å². The molecule has 42 heavy (non-hydrogen) atoms. The highest BCUT2D eigenvalue weighted by Gasteiger charge is 2.51. The van der Waals surface area contributed by atoms with Gasteiger partial charge in [-0.1, -0.05) is 51.1 Å². The number of carbonyl (C=O) groups excluding carboxylic acids is 1. The molecule has 1 aromatic heterocycles. The molecule has 0 saturated carbocycles. The smallest absolute Gasteiger partial charge is 0.327 e. The van der Waals surface area contributed by atoms with Crippen LogP contribution in [0.15, 0.2) is 73.1 Å². The van der Waals surface area contributed by atoms with E-state index in [9.17, 15) is 23.1 Å². The van der Waals surface area contributed by atoms with E-state index >= 15 is 0 Å². The molecule has 0 bridgehead atoms. The van der Waals surface area contributed by atoms with Crippen LogP contribution in [0.5, 0.6) is 0 Å². The van der Waals surface area contributed by atoms with E-state index in [0.29, 0.717) is 17.1 Å². The standard InChI is InChI=1S/C30H38N6O5S/c1-29(2,3)30(27(38)39,35-42(40,41)20-22-8-5-4-6-9-22)21-33-26(37)23-10-12-25(13-11-23)36-18-14-24(15-19-36)34-28-31-16-7-17-32-28/h4-13,16-17,24,35H,14-15,18-21H2,1-3H3,(H,33,37)(H,38,39)(H,31,32,34)/t30-/m0/s1. The Morgan fingerprint density at radius 3 is 2.14 bits per heavy atom. The molecule has 0 aliphatic carbocycles. The van der Waals surface area contributed by atoms with Gasteiger partial charge in [0.1, 0.15) is 0 Å². The molecule has 0 radical (unpaired) electrons. The summed E-state index contributed by atoms with van der Waals surface area (Å²) in [5, 5.41) is 16.3. The molecule has 1 fully saturated rings. The van der Waals surface area contributed by atoms with Gasteiger partial charge in [-0.15, -0.1) is 0 Å². The highest BCUT2D eigenvalue weighted by atomic mass is 32.2. The number of nitrogens with one attached hydrogen (secondary N) is 3. The van der Waals surface area contributed by atoms with Crippen molar-refractivity contribution in [3.8, 4) is 0 Å². The molecular weight excluding hydrogens is 556 g/mol. The Hall–Kier alpha value is -4.03. The van der Waals surface area contributed by atoms with Crippen molar-refractivity contribution >= 4 is 33.5 Å². The van der Waals surface area contributed by atoms with Crippen LogP contribution in [-0.2, 0) is 20.6 Å². The van der Waals surface area contributed by atoms with E-state index in [0.717, 1.165) is 31.6 Å². The summed E-state index contributed by atoms with van der Waals surface area (Å²) in [7, 11) is -4.07. The maximum Gasteiger partial charge on any atom is 0.327 e. The molecule has 1 amide bonds. The van der Waals surface area contributed by atoms with Gasteiger partial charge in [0, 0.05) is 49.3 Å². The minimum atomic E-state index is -4.07. The van der Waals surface area contributed by atoms with E-state index in [1.54, 1.807) is 81.7 Å². The predicted molar refractivity (Wildman–Crippen MR) is 162 cm³/mol. The molecular formula is C30H38N6O5S. The average Bonchev–Trinajstić information content (AvgIpc) is 2.95. The van der Waals surface area contributed by atoms with Crippen molar-refractivity contribution in [3.05, 3.63) is 84.2 Å². The van der Waals surface area contributed by atoms with Crippen LogP contribution in [0.1, 0.15) is 49.5 Å². The molecule has 2 aromatic carbocycles. The first-order valence-corrected chi connectivity index (χ1v) is 15.5. The minimum Gasteiger partial charge on any atom is -0.480 e. The van der Waals surface area contributed by atoms with Crippen molar-refractivity contribution in [1.29, 1.82) is 0 Å². The third kappa shape index (κ3) is 7.62. The molecule has 11 nitrogen and oxygen atoms in total. The Kier molecular flexibility index (Phi) is 9.47. The number of hydrogen-bond acceptors (Lipinski definition) is 8. The van der Waals surface area contributed by atoms with E-state index in [1.807, 2.05) is 12.1 Å². The van der Waals surface area contributed by atoms with Crippen LogP contribution in [0.25, 0.3) is 0 Å². The number of anilines is 2. The number of rotatable bonds is 11. The molecule has 1 saturated heterocycles. The Morgan fingerprint density at radius 1 is 0.952 bits per heavy atom. The number of carboxylic acids is 1. The second kappa shape index (κ2) is 12.9. The monoisotopic (exact) mass is 594 g/mol. The van der Waals surface area contributed by atoms with Crippen LogP contribution in [-0.4, -0.2) is 66.6 Å². The summed E-state index contributed by atoms with van der Waals surface area (Å²) in [4.78, 5) is 36.4. The molecule has 4 N–H and O–H groups in total. The fourth-order valence-corrected chi connectivity index (χ4v) is 6.67. The van der Waals surface area contributed by atoms with Crippen molar-refractivity contribution in [2.75, 3.05) is 29.9 Å². The van der Waals surface area contributed by atoms with Gasteiger partial charge in [0.05, 0.1) is 5.75 Å². The molecule has 3 aromatic rings. The summed E-state index contributed by atoms with van der Waals surface area (Å²) in [6, 6.07) is 17.7. The largest absolute Gasteiger partial charge is 0.480 e. The van der Waals surface area contributed by atoms with Gasteiger partial charge in [-0.05, 0) is 54.2 Å². The van der Waals surface area contributed by atoms with Crippen LogP contribution in [0.4, 0.5) is 11.6 Å². The Morgan fingerprint density at radius 2 is 1.57 bits per heavy atom. The quantitative estimate of drug-likeness (QED) is 0.262. The number of amides is 1. The van der Waals surface area contributed by atoms with Crippen molar-refractivity contribution < 1.29 is 23.1 Å². The summed E-state index contributed by atoms with van der Waals surface area (Å²) in [6.07, 6.45) is 5.23. The predicted octanol–water partition coefficient (Wildman–Crippen LogP) is 3.28. The molecule has 12 heteroatoms. The van der Waals surface area contributed by atoms with Gasteiger partial charge in [-0.2, -0.15) is 4.72 Å². The SMILES string of the molecule is CC(C)(C)[C@@](CNC(=O)c1ccc(N2CCC(Nc3ncccn3)CC2)cc1)(NS(=O)(=O)Cc1ccccc1)C(=O)O. The number of nitrogens with zero attached hydrogens (tertiary/aromatic N) is 3. The number of piperidine rings is 1. The number of benzene rings is 2. The lowest BCUT2D eigenvalue weighted by Crippen LogP contribution is -2.67. The van der Waals surface area contributed by atoms with Gasteiger partial charge in [-0.25, -0.2) is 18.4 Å². The Bertz CT molecular complexity index is 1460. The maximum atomic E-state index is 13.1. The van der Waals surface area contributed by atoms with E-state index in [4.69, 9.17) is 0 Å². The lowest BCUT2D eigenvalue weighted by Gasteiger charge is -2.41. The van der Waals surface area contributed by atoms with Gasteiger partial charge in [0.15, 0.2) is 5.54 Å². The van der Waals surface area contributed by atoms with Crippen molar-refractivity contribution in [1.82, 2.24) is 20.0 Å². The molecule has 0 unspecified atom stereocenters. The number of aliphatic carboxylic acids is 1. The summed E-state index contributed by atoms with van der Waals surface area (Å²) < 4.78 is 28.6. The molecule has 1 aliphatic heterocycles. The Balaban J connectivity index is 1.39. The van der Waals surface area contributed by atoms with E-state index in [-0.39, 0.29) is 11.8 Å². The Labute approximate surface area is 246 Å². The zero-order chi connectivity index (χ0) is 30.4. The number of aromatic nitrogens is 2. The van der Waals surface area contributed by atoms with Gasteiger partial charge in [-0.3, -0.25) is 9.59 Å². The zero-order valence-corrected chi connectivity index (χ0v) is 24.9. The van der Waals surface area contributed by atoms with Crippen molar-refractivity contribution in [3.63, 3.8) is 0 Å². The fraction of sp³-hybridized carbons (Fsp3) is 0.400. The van der Waals surface area contributed by atoms with Crippen LogP contribution in [0.2, 0.25) is 0 Å². The highest BCUT2D eigenvalue weighted by Crippen LogP contribution is 2.32. The van der Waals surface area contributed by atoms with E-state index in [1.165, 1.54) is 0 Å². The van der Waals surface area contributed by atoms with E-state index in [2.05, 4.69) is 30.2 Å². The number of carboxylic acid groups (broad SMARTS) is 1. The normalized spacial score (nSPS) is 15.9. The van der Waals surface area contributed by atoms with Crippen molar-refractivity contribution in [2.45, 2.75) is 50.9 Å². The van der Waals surface area contributed by atoms with Gasteiger partial charge in [0.2, 0.25) is 16.0 Å². The average molecular weight is 595 g/mol. The third-order valence-electron chi connectivity index (χ3n) is 7.58. The molecule has 2 heterocycles. The summed E-state index contributed by atoms with van der Waals surface area (Å²) in [6.45, 7) is 6.08. The number of hydrogen-bond donors (Lipinski definition) is 4. The third-order valence-corrected chi connectivity index (χ3v) is 8.95. The lowest BCUT2D eigenvalue weighted by molar-refractivity contribution is -0.148. The highest BCUT2D eigenvalue weighted by molar-refractivity contribution is 7.88. The fourth-order valence-electron chi connectivity index (χ4n) is 4.97.